The number of rotatable bonds is 6. The topological polar surface area (TPSA) is 140 Å². The van der Waals surface area contributed by atoms with E-state index in [9.17, 15) is 9.90 Å². The lowest BCUT2D eigenvalue weighted by Crippen LogP contribution is -2.29. The van der Waals surface area contributed by atoms with E-state index >= 15 is 0 Å². The number of nitrogens with zero attached hydrogens (tertiary/aromatic N) is 6. The summed E-state index contributed by atoms with van der Waals surface area (Å²) in [5.41, 5.74) is 3.18. The summed E-state index contributed by atoms with van der Waals surface area (Å²) in [6, 6.07) is 8.82. The molecule has 1 aromatic carbocycles. The predicted octanol–water partition coefficient (Wildman–Crippen LogP) is 1.06. The van der Waals surface area contributed by atoms with Crippen molar-refractivity contribution >= 4 is 23.4 Å². The number of benzene rings is 1. The fourth-order valence-corrected chi connectivity index (χ4v) is 4.36. The molecule has 2 aliphatic rings. The van der Waals surface area contributed by atoms with Crippen LogP contribution in [0.1, 0.15) is 43.4 Å². The summed E-state index contributed by atoms with van der Waals surface area (Å²) in [7, 11) is 0. The molecule has 0 radical (unpaired) electrons. The molecule has 1 aliphatic carbocycles. The summed E-state index contributed by atoms with van der Waals surface area (Å²) < 4.78 is 1.59. The van der Waals surface area contributed by atoms with Gasteiger partial charge in [-0.15, -0.1) is 0 Å². The Bertz CT molecular complexity index is 1540. The number of H-pyrrole nitrogens is 2. The Morgan fingerprint density at radius 2 is 2.03 bits per heavy atom. The molecule has 11 nitrogen and oxygen atoms in total. The number of aromatic amines is 2. The van der Waals surface area contributed by atoms with Gasteiger partial charge in [0.2, 0.25) is 11.8 Å². The molecule has 4 heterocycles. The highest BCUT2D eigenvalue weighted by Gasteiger charge is 2.21. The lowest BCUT2D eigenvalue weighted by molar-refractivity contribution is 0.454. The molecule has 1 aliphatic heterocycles. The summed E-state index contributed by atoms with van der Waals surface area (Å²) in [6.07, 6.45) is 9.10. The number of hydrogen-bond acceptors (Lipinski definition) is 8. The van der Waals surface area contributed by atoms with Crippen molar-refractivity contribution in [1.82, 2.24) is 29.5 Å². The SMILES string of the molecule is O=c1[nH]c(O)c(/C=c2\cnn3c(=NC4CC4)nc(NCc4cccc(N5CCCCC5)c4)nc23)[nH]1. The van der Waals surface area contributed by atoms with Crippen LogP contribution in [0.3, 0.4) is 0 Å². The third kappa shape index (κ3) is 4.61. The third-order valence-electron chi connectivity index (χ3n) is 6.34. The second kappa shape index (κ2) is 8.90. The maximum atomic E-state index is 11.5. The molecule has 4 aromatic rings. The molecule has 0 atom stereocenters. The molecular formula is C24H27N9O2. The van der Waals surface area contributed by atoms with Crippen LogP contribution in [0.15, 0.2) is 40.2 Å². The van der Waals surface area contributed by atoms with Gasteiger partial charge < -0.3 is 20.3 Å². The molecule has 0 bridgehead atoms. The molecule has 180 valence electrons. The standard InChI is InChI=1S/C24H27N9O2/c34-21-19(28-24(35)30-21)12-16-14-26-33-20(16)29-22(31-23(33)27-17-7-8-17)25-13-15-5-4-6-18(11-15)32-9-2-1-3-10-32/h4-6,11-12,14,17,34H,1-3,7-10,13H2,(H,25,27,31)(H2,28,30,35)/b16-12+. The molecule has 3 aromatic heterocycles. The van der Waals surface area contributed by atoms with E-state index in [0.29, 0.717) is 29.0 Å². The Morgan fingerprint density at radius 1 is 1.17 bits per heavy atom. The number of piperidine rings is 1. The Labute approximate surface area is 200 Å². The Hall–Kier alpha value is -4.15. The van der Waals surface area contributed by atoms with Gasteiger partial charge in [0.15, 0.2) is 5.65 Å². The van der Waals surface area contributed by atoms with E-state index < -0.39 is 5.69 Å². The normalized spacial score (nSPS) is 17.4. The molecule has 4 N–H and O–H groups in total. The van der Waals surface area contributed by atoms with Crippen LogP contribution in [0, 0.1) is 0 Å². The molecule has 6 rings (SSSR count). The van der Waals surface area contributed by atoms with E-state index in [4.69, 9.17) is 4.99 Å². The quantitative estimate of drug-likeness (QED) is 0.328. The van der Waals surface area contributed by atoms with Gasteiger partial charge in [-0.25, -0.2) is 9.79 Å². The lowest BCUT2D eigenvalue weighted by atomic mass is 10.1. The fourth-order valence-electron chi connectivity index (χ4n) is 4.36. The highest BCUT2D eigenvalue weighted by molar-refractivity contribution is 5.57. The van der Waals surface area contributed by atoms with Gasteiger partial charge in [-0.3, -0.25) is 4.98 Å². The minimum atomic E-state index is -0.488. The van der Waals surface area contributed by atoms with Crippen LogP contribution in [-0.4, -0.2) is 53.8 Å². The van der Waals surface area contributed by atoms with Gasteiger partial charge in [-0.1, -0.05) is 12.1 Å². The van der Waals surface area contributed by atoms with Gasteiger partial charge in [0, 0.05) is 30.5 Å². The van der Waals surface area contributed by atoms with Crippen molar-refractivity contribution in [2.75, 3.05) is 23.3 Å². The van der Waals surface area contributed by atoms with Gasteiger partial charge in [0.25, 0.3) is 5.62 Å². The van der Waals surface area contributed by atoms with E-state index in [2.05, 4.69) is 59.5 Å². The third-order valence-corrected chi connectivity index (χ3v) is 6.34. The van der Waals surface area contributed by atoms with Gasteiger partial charge in [0.05, 0.1) is 12.2 Å². The number of imidazole rings is 1. The largest absolute Gasteiger partial charge is 0.493 e. The summed E-state index contributed by atoms with van der Waals surface area (Å²) in [4.78, 5) is 32.8. The van der Waals surface area contributed by atoms with Gasteiger partial charge >= 0.3 is 5.69 Å². The first kappa shape index (κ1) is 21.4. The van der Waals surface area contributed by atoms with Crippen LogP contribution in [-0.2, 0) is 6.54 Å². The summed E-state index contributed by atoms with van der Waals surface area (Å²) in [6.45, 7) is 2.77. The van der Waals surface area contributed by atoms with Crippen molar-refractivity contribution in [3.8, 4) is 5.88 Å². The van der Waals surface area contributed by atoms with E-state index in [1.807, 2.05) is 0 Å². The molecular weight excluding hydrogens is 446 g/mol. The van der Waals surface area contributed by atoms with Crippen LogP contribution in [0.25, 0.3) is 11.7 Å². The van der Waals surface area contributed by atoms with Gasteiger partial charge in [-0.05, 0) is 55.9 Å². The van der Waals surface area contributed by atoms with Crippen LogP contribution >= 0.6 is 0 Å². The second-order valence-electron chi connectivity index (χ2n) is 9.10. The Morgan fingerprint density at radius 3 is 2.80 bits per heavy atom. The average Bonchev–Trinajstić information content (AvgIpc) is 3.51. The smallest absolute Gasteiger partial charge is 0.326 e. The number of aromatic hydroxyl groups is 1. The summed E-state index contributed by atoms with van der Waals surface area (Å²) >= 11 is 0. The summed E-state index contributed by atoms with van der Waals surface area (Å²) in [5, 5.41) is 18.3. The van der Waals surface area contributed by atoms with Crippen molar-refractivity contribution in [3.05, 3.63) is 63.0 Å². The monoisotopic (exact) mass is 473 g/mol. The van der Waals surface area contributed by atoms with Crippen molar-refractivity contribution in [3.63, 3.8) is 0 Å². The van der Waals surface area contributed by atoms with E-state index in [1.165, 1.54) is 24.9 Å². The van der Waals surface area contributed by atoms with E-state index in [1.54, 1.807) is 16.8 Å². The van der Waals surface area contributed by atoms with E-state index in [-0.39, 0.29) is 17.6 Å². The maximum Gasteiger partial charge on any atom is 0.326 e. The summed E-state index contributed by atoms with van der Waals surface area (Å²) in [5.74, 6) is 0.209. The minimum absolute atomic E-state index is 0.238. The molecule has 2 fully saturated rings. The molecule has 11 heteroatoms. The molecule has 1 saturated heterocycles. The number of anilines is 2. The zero-order valence-corrected chi connectivity index (χ0v) is 19.2. The molecule has 0 amide bonds. The van der Waals surface area contributed by atoms with Gasteiger partial charge in [0.1, 0.15) is 5.69 Å². The Kier molecular flexibility index (Phi) is 5.44. The number of aromatic nitrogens is 6. The molecule has 35 heavy (non-hydrogen) atoms. The van der Waals surface area contributed by atoms with Crippen molar-refractivity contribution in [2.24, 2.45) is 4.99 Å². The van der Waals surface area contributed by atoms with Crippen molar-refractivity contribution in [1.29, 1.82) is 0 Å². The first-order chi connectivity index (χ1) is 17.1. The zero-order chi connectivity index (χ0) is 23.8. The Balaban J connectivity index is 1.33. The number of nitrogens with one attached hydrogen (secondary N) is 3. The molecule has 0 spiro atoms. The van der Waals surface area contributed by atoms with Crippen LogP contribution in [0.5, 0.6) is 5.88 Å². The second-order valence-corrected chi connectivity index (χ2v) is 9.10. The fraction of sp³-hybridized carbons (Fsp3) is 0.375. The highest BCUT2D eigenvalue weighted by atomic mass is 16.3. The van der Waals surface area contributed by atoms with Crippen LogP contribution in [0.2, 0.25) is 0 Å². The van der Waals surface area contributed by atoms with Crippen molar-refractivity contribution < 1.29 is 5.11 Å². The number of hydrogen-bond donors (Lipinski definition) is 4. The van der Waals surface area contributed by atoms with Gasteiger partial charge in [-0.2, -0.15) is 19.6 Å². The molecule has 0 unspecified atom stereocenters. The van der Waals surface area contributed by atoms with Crippen LogP contribution < -0.4 is 26.7 Å². The molecule has 1 saturated carbocycles. The van der Waals surface area contributed by atoms with Crippen molar-refractivity contribution in [2.45, 2.75) is 44.7 Å². The lowest BCUT2D eigenvalue weighted by Gasteiger charge is -2.29. The van der Waals surface area contributed by atoms with Crippen LogP contribution in [0.4, 0.5) is 11.6 Å². The minimum Gasteiger partial charge on any atom is -0.493 e. The maximum absolute atomic E-state index is 11.5. The zero-order valence-electron chi connectivity index (χ0n) is 19.2. The average molecular weight is 474 g/mol. The first-order valence-corrected chi connectivity index (χ1v) is 12.0. The predicted molar refractivity (Wildman–Crippen MR) is 131 cm³/mol. The van der Waals surface area contributed by atoms with E-state index in [0.717, 1.165) is 31.5 Å². The first-order valence-electron chi connectivity index (χ1n) is 12.0. The number of fused-ring (bicyclic) bond motifs is 1. The highest BCUT2D eigenvalue weighted by Crippen LogP contribution is 2.23.